The van der Waals surface area contributed by atoms with E-state index in [1.165, 1.54) is 12.8 Å². The number of hydrogen-bond donors (Lipinski definition) is 2. The number of anilines is 1. The van der Waals surface area contributed by atoms with Gasteiger partial charge in [0.15, 0.2) is 0 Å². The van der Waals surface area contributed by atoms with Gasteiger partial charge >= 0.3 is 0 Å². The molecule has 2 heterocycles. The summed E-state index contributed by atoms with van der Waals surface area (Å²) in [4.78, 5) is 14.0. The molecule has 1 aromatic rings. The van der Waals surface area contributed by atoms with Crippen LogP contribution in [0, 0.1) is 6.92 Å². The second-order valence-corrected chi connectivity index (χ2v) is 5.81. The fraction of sp³-hybridized carbons (Fsp3) is 0.714. The van der Waals surface area contributed by atoms with Gasteiger partial charge in [-0.05, 0) is 40.2 Å². The normalized spacial score (nSPS) is 18.8. The topological polar surface area (TPSA) is 76.2 Å². The van der Waals surface area contributed by atoms with Crippen LogP contribution in [0.3, 0.4) is 0 Å². The van der Waals surface area contributed by atoms with Crippen molar-refractivity contribution in [3.05, 3.63) is 11.3 Å². The molecule has 6 heteroatoms. The molecule has 1 atom stereocenters. The standard InChI is InChI=1S/C14H25N5O/c1-9(2)19(8-11-6-5-7-16-11)14-12(13(15)20)10(3)17-18(14)4/h9,11,16H,5-8H2,1-4H3,(H2,15,20). The van der Waals surface area contributed by atoms with Crippen molar-refractivity contribution in [1.29, 1.82) is 0 Å². The number of amides is 1. The summed E-state index contributed by atoms with van der Waals surface area (Å²) in [5.74, 6) is 0.425. The van der Waals surface area contributed by atoms with Crippen LogP contribution >= 0.6 is 0 Å². The zero-order valence-corrected chi connectivity index (χ0v) is 12.8. The van der Waals surface area contributed by atoms with E-state index in [2.05, 4.69) is 29.2 Å². The fourth-order valence-electron chi connectivity index (χ4n) is 2.96. The zero-order valence-electron chi connectivity index (χ0n) is 12.8. The van der Waals surface area contributed by atoms with Crippen molar-refractivity contribution in [2.75, 3.05) is 18.0 Å². The number of aromatic nitrogens is 2. The maximum absolute atomic E-state index is 11.7. The monoisotopic (exact) mass is 279 g/mol. The van der Waals surface area contributed by atoms with Crippen molar-refractivity contribution in [3.63, 3.8) is 0 Å². The molecule has 1 aromatic heterocycles. The Labute approximate surface area is 120 Å². The van der Waals surface area contributed by atoms with Gasteiger partial charge in [-0.1, -0.05) is 0 Å². The van der Waals surface area contributed by atoms with Crippen LogP contribution in [0.15, 0.2) is 0 Å². The Morgan fingerprint density at radius 2 is 2.30 bits per heavy atom. The van der Waals surface area contributed by atoms with E-state index in [4.69, 9.17) is 5.73 Å². The van der Waals surface area contributed by atoms with Gasteiger partial charge in [0.05, 0.1) is 5.69 Å². The Balaban J connectivity index is 2.35. The third-order valence-corrected chi connectivity index (χ3v) is 3.91. The molecule has 1 saturated heterocycles. The molecule has 3 N–H and O–H groups in total. The lowest BCUT2D eigenvalue weighted by Gasteiger charge is -2.32. The highest BCUT2D eigenvalue weighted by Crippen LogP contribution is 2.25. The van der Waals surface area contributed by atoms with Gasteiger partial charge in [-0.15, -0.1) is 0 Å². The number of nitrogens with one attached hydrogen (secondary N) is 1. The summed E-state index contributed by atoms with van der Waals surface area (Å²) in [5, 5.41) is 7.86. The predicted molar refractivity (Wildman–Crippen MR) is 80.0 cm³/mol. The molecule has 1 amide bonds. The summed E-state index contributed by atoms with van der Waals surface area (Å²) in [5.41, 5.74) is 6.78. The van der Waals surface area contributed by atoms with E-state index in [1.807, 2.05) is 14.0 Å². The quantitative estimate of drug-likeness (QED) is 0.835. The number of primary amides is 1. The molecule has 20 heavy (non-hydrogen) atoms. The van der Waals surface area contributed by atoms with E-state index >= 15 is 0 Å². The second-order valence-electron chi connectivity index (χ2n) is 5.81. The number of carbonyl (C=O) groups is 1. The van der Waals surface area contributed by atoms with Crippen molar-refractivity contribution in [3.8, 4) is 0 Å². The number of aryl methyl sites for hydroxylation is 2. The fourth-order valence-corrected chi connectivity index (χ4v) is 2.96. The molecule has 6 nitrogen and oxygen atoms in total. The van der Waals surface area contributed by atoms with Crippen LogP contribution in [0.2, 0.25) is 0 Å². The first-order valence-electron chi connectivity index (χ1n) is 7.25. The summed E-state index contributed by atoms with van der Waals surface area (Å²) < 4.78 is 1.77. The van der Waals surface area contributed by atoms with E-state index in [0.29, 0.717) is 17.3 Å². The van der Waals surface area contributed by atoms with Gasteiger partial charge in [0, 0.05) is 25.7 Å². The van der Waals surface area contributed by atoms with Gasteiger partial charge in [-0.3, -0.25) is 9.48 Å². The number of nitrogens with two attached hydrogens (primary N) is 1. The first kappa shape index (κ1) is 14.8. The molecule has 1 fully saturated rings. The first-order valence-corrected chi connectivity index (χ1v) is 7.25. The van der Waals surface area contributed by atoms with E-state index < -0.39 is 5.91 Å². The molecule has 0 radical (unpaired) electrons. The van der Waals surface area contributed by atoms with Crippen LogP contribution in [-0.4, -0.2) is 40.9 Å². The van der Waals surface area contributed by atoms with E-state index in [0.717, 1.165) is 18.9 Å². The largest absolute Gasteiger partial charge is 0.365 e. The van der Waals surface area contributed by atoms with Crippen molar-refractivity contribution in [1.82, 2.24) is 15.1 Å². The molecule has 2 rings (SSSR count). The number of hydrogen-bond acceptors (Lipinski definition) is 4. The lowest BCUT2D eigenvalue weighted by molar-refractivity contribution is 0.1000. The van der Waals surface area contributed by atoms with Crippen LogP contribution in [0.25, 0.3) is 0 Å². The minimum absolute atomic E-state index is 0.283. The Hall–Kier alpha value is -1.56. The maximum atomic E-state index is 11.7. The summed E-state index contributed by atoms with van der Waals surface area (Å²) in [6.45, 7) is 8.03. The summed E-state index contributed by atoms with van der Waals surface area (Å²) in [6.07, 6.45) is 2.38. The third-order valence-electron chi connectivity index (χ3n) is 3.91. The van der Waals surface area contributed by atoms with Gasteiger partial charge in [-0.25, -0.2) is 0 Å². The van der Waals surface area contributed by atoms with Crippen molar-refractivity contribution in [2.24, 2.45) is 12.8 Å². The van der Waals surface area contributed by atoms with Crippen molar-refractivity contribution in [2.45, 2.75) is 45.7 Å². The van der Waals surface area contributed by atoms with Gasteiger partial charge < -0.3 is 16.0 Å². The van der Waals surface area contributed by atoms with Crippen LogP contribution in [0.5, 0.6) is 0 Å². The lowest BCUT2D eigenvalue weighted by atomic mass is 10.1. The molecule has 1 unspecified atom stereocenters. The summed E-state index contributed by atoms with van der Waals surface area (Å²) in [7, 11) is 1.87. The second kappa shape index (κ2) is 5.83. The molecule has 0 saturated carbocycles. The first-order chi connectivity index (χ1) is 9.41. The number of rotatable bonds is 5. The average Bonchev–Trinajstić information content (AvgIpc) is 2.93. The van der Waals surface area contributed by atoms with Gasteiger partial charge in [0.1, 0.15) is 11.4 Å². The Kier molecular flexibility index (Phi) is 4.32. The molecular weight excluding hydrogens is 254 g/mol. The lowest BCUT2D eigenvalue weighted by Crippen LogP contribution is -2.43. The highest BCUT2D eigenvalue weighted by molar-refractivity contribution is 5.99. The molecule has 1 aliphatic rings. The Morgan fingerprint density at radius 3 is 2.80 bits per heavy atom. The summed E-state index contributed by atoms with van der Waals surface area (Å²) in [6, 6.07) is 0.749. The summed E-state index contributed by atoms with van der Waals surface area (Å²) >= 11 is 0. The smallest absolute Gasteiger partial charge is 0.254 e. The molecule has 0 aliphatic carbocycles. The van der Waals surface area contributed by atoms with Gasteiger partial charge in [-0.2, -0.15) is 5.10 Å². The van der Waals surface area contributed by atoms with E-state index in [1.54, 1.807) is 4.68 Å². The molecule has 112 valence electrons. The zero-order chi connectivity index (χ0) is 14.9. The van der Waals surface area contributed by atoms with Crippen LogP contribution in [-0.2, 0) is 7.05 Å². The van der Waals surface area contributed by atoms with Gasteiger partial charge in [0.25, 0.3) is 5.91 Å². The molecule has 0 spiro atoms. The van der Waals surface area contributed by atoms with Crippen molar-refractivity contribution < 1.29 is 4.79 Å². The molecule has 1 aliphatic heterocycles. The van der Waals surface area contributed by atoms with E-state index in [9.17, 15) is 4.79 Å². The van der Waals surface area contributed by atoms with E-state index in [-0.39, 0.29) is 6.04 Å². The minimum Gasteiger partial charge on any atom is -0.365 e. The average molecular weight is 279 g/mol. The minimum atomic E-state index is -0.407. The third kappa shape index (κ3) is 2.80. The SMILES string of the molecule is Cc1nn(C)c(N(CC2CCCN2)C(C)C)c1C(N)=O. The number of carbonyl (C=O) groups excluding carboxylic acids is 1. The highest BCUT2D eigenvalue weighted by Gasteiger charge is 2.27. The highest BCUT2D eigenvalue weighted by atomic mass is 16.1. The maximum Gasteiger partial charge on any atom is 0.254 e. The Bertz CT molecular complexity index is 488. The number of nitrogens with zero attached hydrogens (tertiary/aromatic N) is 3. The Morgan fingerprint density at radius 1 is 1.60 bits per heavy atom. The van der Waals surface area contributed by atoms with Crippen LogP contribution in [0.1, 0.15) is 42.7 Å². The van der Waals surface area contributed by atoms with Crippen LogP contribution < -0.4 is 16.0 Å². The molecular formula is C14H25N5O. The van der Waals surface area contributed by atoms with Gasteiger partial charge in [0.2, 0.25) is 0 Å². The van der Waals surface area contributed by atoms with Crippen molar-refractivity contribution >= 4 is 11.7 Å². The van der Waals surface area contributed by atoms with Crippen LogP contribution in [0.4, 0.5) is 5.82 Å². The molecule has 0 aromatic carbocycles. The molecule has 0 bridgehead atoms. The predicted octanol–water partition coefficient (Wildman–Crippen LogP) is 0.794.